The van der Waals surface area contributed by atoms with E-state index in [1.54, 1.807) is 44.3 Å². The quantitative estimate of drug-likeness (QED) is 0.650. The lowest BCUT2D eigenvalue weighted by atomic mass is 9.97. The highest BCUT2D eigenvalue weighted by Gasteiger charge is 2.30. The molecule has 3 rings (SSSR count). The third-order valence-electron chi connectivity index (χ3n) is 4.24. The summed E-state index contributed by atoms with van der Waals surface area (Å²) in [5.74, 6) is 0.371. The Hall–Kier alpha value is -3.02. The Morgan fingerprint density at radius 2 is 1.58 bits per heavy atom. The fourth-order valence-electron chi connectivity index (χ4n) is 2.85. The SMILES string of the molecule is Cc1cc(-c2cnc(N)c(-c3cccc(C(F)(F)F)c3)c2)cc(C)c1O. The minimum absolute atomic E-state index is 0.153. The van der Waals surface area contributed by atoms with Crippen LogP contribution < -0.4 is 5.73 Å². The molecule has 0 spiro atoms. The van der Waals surface area contributed by atoms with E-state index < -0.39 is 11.7 Å². The number of pyridine rings is 1. The van der Waals surface area contributed by atoms with E-state index in [1.165, 1.54) is 6.07 Å². The van der Waals surface area contributed by atoms with Crippen molar-refractivity contribution in [2.24, 2.45) is 0 Å². The third-order valence-corrected chi connectivity index (χ3v) is 4.24. The molecule has 3 aromatic rings. The molecule has 1 heterocycles. The molecule has 0 aliphatic rings. The summed E-state index contributed by atoms with van der Waals surface area (Å²) >= 11 is 0. The van der Waals surface area contributed by atoms with E-state index in [4.69, 9.17) is 5.73 Å². The molecular formula is C20H17F3N2O. The van der Waals surface area contributed by atoms with Gasteiger partial charge in [-0.1, -0.05) is 12.1 Å². The highest BCUT2D eigenvalue weighted by atomic mass is 19.4. The van der Waals surface area contributed by atoms with Crippen molar-refractivity contribution in [3.63, 3.8) is 0 Å². The molecule has 134 valence electrons. The minimum atomic E-state index is -4.43. The summed E-state index contributed by atoms with van der Waals surface area (Å²) < 4.78 is 39.0. The van der Waals surface area contributed by atoms with E-state index in [0.29, 0.717) is 27.8 Å². The molecule has 2 aromatic carbocycles. The van der Waals surface area contributed by atoms with Crippen molar-refractivity contribution in [1.29, 1.82) is 0 Å². The van der Waals surface area contributed by atoms with Crippen molar-refractivity contribution >= 4 is 5.82 Å². The topological polar surface area (TPSA) is 59.1 Å². The second-order valence-electron chi connectivity index (χ2n) is 6.19. The molecule has 0 saturated heterocycles. The number of anilines is 1. The van der Waals surface area contributed by atoms with Gasteiger partial charge in [0.25, 0.3) is 0 Å². The predicted octanol–water partition coefficient (Wildman–Crippen LogP) is 5.34. The van der Waals surface area contributed by atoms with E-state index in [9.17, 15) is 18.3 Å². The zero-order valence-electron chi connectivity index (χ0n) is 14.2. The van der Waals surface area contributed by atoms with Gasteiger partial charge in [0.2, 0.25) is 0 Å². The van der Waals surface area contributed by atoms with Crippen molar-refractivity contribution < 1.29 is 18.3 Å². The van der Waals surface area contributed by atoms with Gasteiger partial charge in [-0.15, -0.1) is 0 Å². The van der Waals surface area contributed by atoms with Crippen LogP contribution in [-0.4, -0.2) is 10.1 Å². The van der Waals surface area contributed by atoms with Crippen LogP contribution >= 0.6 is 0 Å². The molecule has 3 N–H and O–H groups in total. The van der Waals surface area contributed by atoms with Crippen molar-refractivity contribution in [1.82, 2.24) is 4.98 Å². The molecule has 0 radical (unpaired) electrons. The van der Waals surface area contributed by atoms with Crippen LogP contribution in [-0.2, 0) is 6.18 Å². The number of aromatic hydroxyl groups is 1. The molecule has 0 aliphatic carbocycles. The first kappa shape index (κ1) is 17.8. The Balaban J connectivity index is 2.13. The van der Waals surface area contributed by atoms with E-state index >= 15 is 0 Å². The Bertz CT molecular complexity index is 958. The van der Waals surface area contributed by atoms with E-state index in [-0.39, 0.29) is 11.6 Å². The summed E-state index contributed by atoms with van der Waals surface area (Å²) in [5.41, 5.74) is 8.87. The number of aromatic nitrogens is 1. The van der Waals surface area contributed by atoms with Gasteiger partial charge in [0.15, 0.2) is 0 Å². The first-order chi connectivity index (χ1) is 12.2. The molecule has 0 saturated carbocycles. The van der Waals surface area contributed by atoms with E-state index in [2.05, 4.69) is 4.98 Å². The van der Waals surface area contributed by atoms with Crippen molar-refractivity contribution in [2.75, 3.05) is 5.73 Å². The second kappa shape index (κ2) is 6.37. The van der Waals surface area contributed by atoms with Gasteiger partial charge in [-0.2, -0.15) is 13.2 Å². The number of hydrogen-bond donors (Lipinski definition) is 2. The van der Waals surface area contributed by atoms with Gasteiger partial charge in [-0.3, -0.25) is 0 Å². The highest BCUT2D eigenvalue weighted by Crippen LogP contribution is 2.36. The number of benzene rings is 2. The molecule has 26 heavy (non-hydrogen) atoms. The average Bonchev–Trinajstić information content (AvgIpc) is 2.59. The number of rotatable bonds is 2. The first-order valence-corrected chi connectivity index (χ1v) is 7.90. The van der Waals surface area contributed by atoms with Crippen LogP contribution in [0.25, 0.3) is 22.3 Å². The van der Waals surface area contributed by atoms with Crippen LogP contribution in [0.1, 0.15) is 16.7 Å². The highest BCUT2D eigenvalue weighted by molar-refractivity contribution is 5.80. The lowest BCUT2D eigenvalue weighted by Gasteiger charge is -2.13. The normalized spacial score (nSPS) is 11.6. The maximum Gasteiger partial charge on any atom is 0.416 e. The van der Waals surface area contributed by atoms with Gasteiger partial charge in [-0.05, 0) is 66.4 Å². The number of nitrogen functional groups attached to an aromatic ring is 1. The van der Waals surface area contributed by atoms with Crippen LogP contribution in [0, 0.1) is 13.8 Å². The van der Waals surface area contributed by atoms with Gasteiger partial charge in [0.05, 0.1) is 5.56 Å². The smallest absolute Gasteiger partial charge is 0.416 e. The Labute approximate surface area is 148 Å². The van der Waals surface area contributed by atoms with Crippen LogP contribution in [0.4, 0.5) is 19.0 Å². The molecule has 0 bridgehead atoms. The molecular weight excluding hydrogens is 341 g/mol. The Kier molecular flexibility index (Phi) is 4.36. The summed E-state index contributed by atoms with van der Waals surface area (Å²) in [6.07, 6.45) is -2.86. The molecule has 0 fully saturated rings. The van der Waals surface area contributed by atoms with Crippen LogP contribution in [0.15, 0.2) is 48.7 Å². The summed E-state index contributed by atoms with van der Waals surface area (Å²) in [6, 6.07) is 10.3. The number of halogens is 3. The molecule has 0 unspecified atom stereocenters. The zero-order chi connectivity index (χ0) is 19.1. The van der Waals surface area contributed by atoms with Crippen molar-refractivity contribution in [2.45, 2.75) is 20.0 Å². The molecule has 6 heteroatoms. The monoisotopic (exact) mass is 358 g/mol. The summed E-state index contributed by atoms with van der Waals surface area (Å²) in [4.78, 5) is 4.14. The van der Waals surface area contributed by atoms with Crippen LogP contribution in [0.5, 0.6) is 5.75 Å². The average molecular weight is 358 g/mol. The summed E-state index contributed by atoms with van der Waals surface area (Å²) in [5, 5.41) is 9.92. The van der Waals surface area contributed by atoms with Gasteiger partial charge in [0, 0.05) is 17.3 Å². The Morgan fingerprint density at radius 3 is 2.19 bits per heavy atom. The van der Waals surface area contributed by atoms with Crippen LogP contribution in [0.3, 0.4) is 0 Å². The standard InChI is InChI=1S/C20H17F3N2O/c1-11-6-14(7-12(2)18(11)26)15-9-17(19(24)25-10-15)13-4-3-5-16(8-13)20(21,22)23/h3-10,26H,1-2H3,(H2,24,25). The summed E-state index contributed by atoms with van der Waals surface area (Å²) in [7, 11) is 0. The maximum atomic E-state index is 13.0. The first-order valence-electron chi connectivity index (χ1n) is 7.90. The molecule has 0 aliphatic heterocycles. The molecule has 1 aromatic heterocycles. The number of phenols is 1. The second-order valence-corrected chi connectivity index (χ2v) is 6.19. The molecule has 0 amide bonds. The lowest BCUT2D eigenvalue weighted by molar-refractivity contribution is -0.137. The van der Waals surface area contributed by atoms with Gasteiger partial charge < -0.3 is 10.8 Å². The van der Waals surface area contributed by atoms with Gasteiger partial charge in [0.1, 0.15) is 11.6 Å². The Morgan fingerprint density at radius 1 is 0.923 bits per heavy atom. The van der Waals surface area contributed by atoms with E-state index in [0.717, 1.165) is 17.7 Å². The van der Waals surface area contributed by atoms with Crippen molar-refractivity contribution in [3.8, 4) is 28.0 Å². The van der Waals surface area contributed by atoms with Crippen molar-refractivity contribution in [3.05, 3.63) is 65.4 Å². The maximum absolute atomic E-state index is 13.0. The fraction of sp³-hybridized carbons (Fsp3) is 0.150. The summed E-state index contributed by atoms with van der Waals surface area (Å²) in [6.45, 7) is 3.56. The molecule has 3 nitrogen and oxygen atoms in total. The number of nitrogens with zero attached hydrogens (tertiary/aromatic N) is 1. The lowest BCUT2D eigenvalue weighted by Crippen LogP contribution is -2.05. The van der Waals surface area contributed by atoms with E-state index in [1.807, 2.05) is 0 Å². The number of alkyl halides is 3. The number of phenolic OH excluding ortho intramolecular Hbond substituents is 1. The number of aryl methyl sites for hydroxylation is 2. The predicted molar refractivity (Wildman–Crippen MR) is 95.7 cm³/mol. The molecule has 0 atom stereocenters. The number of hydrogen-bond acceptors (Lipinski definition) is 3. The number of nitrogens with two attached hydrogens (primary N) is 1. The largest absolute Gasteiger partial charge is 0.507 e. The third kappa shape index (κ3) is 3.35. The van der Waals surface area contributed by atoms with Gasteiger partial charge in [-0.25, -0.2) is 4.98 Å². The fourth-order valence-corrected chi connectivity index (χ4v) is 2.85. The van der Waals surface area contributed by atoms with Crippen LogP contribution in [0.2, 0.25) is 0 Å². The minimum Gasteiger partial charge on any atom is -0.507 e. The zero-order valence-corrected chi connectivity index (χ0v) is 14.2. The van der Waals surface area contributed by atoms with Gasteiger partial charge >= 0.3 is 6.18 Å².